The van der Waals surface area contributed by atoms with Crippen molar-refractivity contribution in [1.29, 1.82) is 0 Å². The summed E-state index contributed by atoms with van der Waals surface area (Å²) in [5, 5.41) is 17.6. The SMILES string of the molecule is CCc1c(CC(=O)O)c(C)nn1Cc1ccc(C(=O)Nc2ccc3ccccc3n2)cc1. The molecule has 2 N–H and O–H groups in total. The number of hydrogen-bond acceptors (Lipinski definition) is 4. The van der Waals surface area contributed by atoms with Gasteiger partial charge in [0.15, 0.2) is 0 Å². The standard InChI is InChI=1S/C25H24N4O3/c1-3-22-20(14-24(30)31)16(2)28-29(22)15-17-8-10-19(11-9-17)25(32)27-23-13-12-18-6-4-5-7-21(18)26-23/h4-13H,3,14-15H2,1-2H3,(H,30,31)(H,26,27,32). The second kappa shape index (κ2) is 9.01. The van der Waals surface area contributed by atoms with Crippen LogP contribution in [0.5, 0.6) is 0 Å². The van der Waals surface area contributed by atoms with Crippen LogP contribution in [0, 0.1) is 6.92 Å². The Morgan fingerprint density at radius 1 is 1.03 bits per heavy atom. The Kier molecular flexibility index (Phi) is 5.98. The Morgan fingerprint density at radius 2 is 1.78 bits per heavy atom. The lowest BCUT2D eigenvalue weighted by Crippen LogP contribution is -2.13. The number of rotatable bonds is 7. The van der Waals surface area contributed by atoms with Gasteiger partial charge in [-0.25, -0.2) is 4.98 Å². The maximum Gasteiger partial charge on any atom is 0.307 e. The van der Waals surface area contributed by atoms with Crippen molar-refractivity contribution in [2.45, 2.75) is 33.2 Å². The number of carboxylic acids is 1. The van der Waals surface area contributed by atoms with Crippen molar-refractivity contribution in [1.82, 2.24) is 14.8 Å². The zero-order valence-electron chi connectivity index (χ0n) is 18.0. The molecule has 2 aromatic carbocycles. The first-order valence-electron chi connectivity index (χ1n) is 10.5. The smallest absolute Gasteiger partial charge is 0.307 e. The van der Waals surface area contributed by atoms with Gasteiger partial charge in [0.2, 0.25) is 0 Å². The molecule has 2 heterocycles. The van der Waals surface area contributed by atoms with Crippen LogP contribution in [0.2, 0.25) is 0 Å². The molecule has 4 aromatic rings. The molecule has 0 aliphatic rings. The molecule has 0 saturated heterocycles. The summed E-state index contributed by atoms with van der Waals surface area (Å²) in [7, 11) is 0. The van der Waals surface area contributed by atoms with Gasteiger partial charge >= 0.3 is 5.97 Å². The van der Waals surface area contributed by atoms with Crippen LogP contribution in [0.4, 0.5) is 5.82 Å². The molecule has 32 heavy (non-hydrogen) atoms. The molecule has 0 fully saturated rings. The Bertz CT molecular complexity index is 1290. The molecule has 162 valence electrons. The predicted molar refractivity (Wildman–Crippen MR) is 123 cm³/mol. The van der Waals surface area contributed by atoms with Crippen LogP contribution >= 0.6 is 0 Å². The van der Waals surface area contributed by atoms with Gasteiger partial charge in [0.05, 0.1) is 24.2 Å². The predicted octanol–water partition coefficient (Wildman–Crippen LogP) is 4.23. The highest BCUT2D eigenvalue weighted by Crippen LogP contribution is 2.19. The maximum absolute atomic E-state index is 12.6. The van der Waals surface area contributed by atoms with Crippen LogP contribution in [0.25, 0.3) is 10.9 Å². The van der Waals surface area contributed by atoms with Crippen molar-refractivity contribution in [3.05, 3.63) is 88.7 Å². The number of nitrogens with zero attached hydrogens (tertiary/aromatic N) is 3. The third kappa shape index (κ3) is 4.51. The molecular weight excluding hydrogens is 404 g/mol. The number of aliphatic carboxylic acids is 1. The Labute approximate surface area is 185 Å². The van der Waals surface area contributed by atoms with E-state index < -0.39 is 5.97 Å². The molecule has 4 rings (SSSR count). The third-order valence-electron chi connectivity index (χ3n) is 5.42. The summed E-state index contributed by atoms with van der Waals surface area (Å²) < 4.78 is 1.85. The van der Waals surface area contributed by atoms with E-state index in [0.717, 1.165) is 33.4 Å². The molecule has 0 bridgehead atoms. The van der Waals surface area contributed by atoms with Crippen LogP contribution in [-0.2, 0) is 24.2 Å². The van der Waals surface area contributed by atoms with Crippen molar-refractivity contribution in [2.75, 3.05) is 5.32 Å². The normalized spacial score (nSPS) is 10.9. The van der Waals surface area contributed by atoms with E-state index in [0.29, 0.717) is 24.3 Å². The van der Waals surface area contributed by atoms with Crippen molar-refractivity contribution in [3.63, 3.8) is 0 Å². The number of fused-ring (bicyclic) bond motifs is 1. The van der Waals surface area contributed by atoms with Gasteiger partial charge in [0.1, 0.15) is 5.82 Å². The van der Waals surface area contributed by atoms with Crippen LogP contribution in [0.1, 0.15) is 39.8 Å². The number of carbonyl (C=O) groups is 2. The summed E-state index contributed by atoms with van der Waals surface area (Å²) in [4.78, 5) is 28.3. The zero-order chi connectivity index (χ0) is 22.7. The first-order valence-corrected chi connectivity index (χ1v) is 10.5. The van der Waals surface area contributed by atoms with Crippen molar-refractivity contribution < 1.29 is 14.7 Å². The number of aryl methyl sites for hydroxylation is 1. The summed E-state index contributed by atoms with van der Waals surface area (Å²) in [5.41, 5.74) is 4.77. The number of anilines is 1. The molecule has 0 unspecified atom stereocenters. The minimum Gasteiger partial charge on any atom is -0.481 e. The van der Waals surface area contributed by atoms with E-state index in [4.69, 9.17) is 0 Å². The number of carboxylic acid groups (broad SMARTS) is 1. The Hall–Kier alpha value is -4.00. The van der Waals surface area contributed by atoms with Gasteiger partial charge in [-0.05, 0) is 49.2 Å². The van der Waals surface area contributed by atoms with Gasteiger partial charge in [-0.1, -0.05) is 37.3 Å². The number of aromatic nitrogens is 3. The number of nitrogens with one attached hydrogen (secondary N) is 1. The Balaban J connectivity index is 1.48. The van der Waals surface area contributed by atoms with Gasteiger partial charge < -0.3 is 10.4 Å². The number of para-hydroxylation sites is 1. The molecule has 0 saturated carbocycles. The van der Waals surface area contributed by atoms with E-state index in [2.05, 4.69) is 15.4 Å². The summed E-state index contributed by atoms with van der Waals surface area (Å²) in [6.45, 7) is 4.34. The zero-order valence-corrected chi connectivity index (χ0v) is 18.0. The lowest BCUT2D eigenvalue weighted by Gasteiger charge is -2.09. The number of benzene rings is 2. The Morgan fingerprint density at radius 3 is 2.50 bits per heavy atom. The number of carbonyl (C=O) groups excluding carboxylic acids is 1. The van der Waals surface area contributed by atoms with Gasteiger partial charge in [-0.3, -0.25) is 14.3 Å². The second-order valence-electron chi connectivity index (χ2n) is 7.63. The maximum atomic E-state index is 12.6. The fourth-order valence-electron chi connectivity index (χ4n) is 3.83. The third-order valence-corrected chi connectivity index (χ3v) is 5.42. The number of hydrogen-bond donors (Lipinski definition) is 2. The van der Waals surface area contributed by atoms with E-state index in [1.807, 2.05) is 61.0 Å². The average molecular weight is 428 g/mol. The average Bonchev–Trinajstić information content (AvgIpc) is 3.07. The van der Waals surface area contributed by atoms with E-state index in [9.17, 15) is 14.7 Å². The quantitative estimate of drug-likeness (QED) is 0.459. The first kappa shape index (κ1) is 21.2. The highest BCUT2D eigenvalue weighted by molar-refractivity contribution is 6.04. The van der Waals surface area contributed by atoms with E-state index in [1.165, 1.54) is 0 Å². The van der Waals surface area contributed by atoms with E-state index in [1.54, 1.807) is 18.2 Å². The topological polar surface area (TPSA) is 97.1 Å². The van der Waals surface area contributed by atoms with Crippen molar-refractivity contribution in [2.24, 2.45) is 0 Å². The molecular formula is C25H24N4O3. The van der Waals surface area contributed by atoms with Crippen LogP contribution in [0.3, 0.4) is 0 Å². The van der Waals surface area contributed by atoms with Gasteiger partial charge in [-0.2, -0.15) is 5.10 Å². The van der Waals surface area contributed by atoms with Gasteiger partial charge in [-0.15, -0.1) is 0 Å². The number of pyridine rings is 1. The molecule has 0 aliphatic carbocycles. The fraction of sp³-hybridized carbons (Fsp3) is 0.200. The van der Waals surface area contributed by atoms with E-state index in [-0.39, 0.29) is 12.3 Å². The molecule has 7 heteroatoms. The lowest BCUT2D eigenvalue weighted by molar-refractivity contribution is -0.136. The molecule has 2 aromatic heterocycles. The monoisotopic (exact) mass is 428 g/mol. The lowest BCUT2D eigenvalue weighted by atomic mass is 10.1. The largest absolute Gasteiger partial charge is 0.481 e. The minimum atomic E-state index is -0.862. The van der Waals surface area contributed by atoms with Gasteiger partial charge in [0.25, 0.3) is 5.91 Å². The van der Waals surface area contributed by atoms with Crippen molar-refractivity contribution >= 4 is 28.6 Å². The van der Waals surface area contributed by atoms with Crippen LogP contribution in [-0.4, -0.2) is 31.7 Å². The highest BCUT2D eigenvalue weighted by atomic mass is 16.4. The summed E-state index contributed by atoms with van der Waals surface area (Å²) in [6.07, 6.45) is 0.666. The van der Waals surface area contributed by atoms with E-state index >= 15 is 0 Å². The number of amides is 1. The molecule has 0 spiro atoms. The molecule has 0 radical (unpaired) electrons. The van der Waals surface area contributed by atoms with Crippen molar-refractivity contribution in [3.8, 4) is 0 Å². The first-order chi connectivity index (χ1) is 15.4. The molecule has 0 aliphatic heterocycles. The summed E-state index contributed by atoms with van der Waals surface area (Å²) in [6, 6.07) is 18.8. The molecule has 7 nitrogen and oxygen atoms in total. The molecule has 1 amide bonds. The summed E-state index contributed by atoms with van der Waals surface area (Å²) >= 11 is 0. The fourth-order valence-corrected chi connectivity index (χ4v) is 3.83. The molecule has 0 atom stereocenters. The minimum absolute atomic E-state index is 0.0308. The second-order valence-corrected chi connectivity index (χ2v) is 7.63. The summed E-state index contributed by atoms with van der Waals surface area (Å²) in [5.74, 6) is -0.589. The van der Waals surface area contributed by atoms with Gasteiger partial charge in [0, 0.05) is 22.2 Å². The van der Waals surface area contributed by atoms with Crippen LogP contribution < -0.4 is 5.32 Å². The van der Waals surface area contributed by atoms with Crippen LogP contribution in [0.15, 0.2) is 60.7 Å². The highest BCUT2D eigenvalue weighted by Gasteiger charge is 2.16.